The molecule has 4 aromatic carbocycles. The first-order valence-corrected chi connectivity index (χ1v) is 14.2. The maximum Gasteiger partial charge on any atom is 0.239 e. The second-order valence-electron chi connectivity index (χ2n) is 8.19. The molecule has 0 bridgehead atoms. The summed E-state index contributed by atoms with van der Waals surface area (Å²) < 4.78 is 49.9. The fourth-order valence-corrected chi connectivity index (χ4v) is 6.18. The van der Waals surface area contributed by atoms with Gasteiger partial charge in [-0.1, -0.05) is 53.5 Å². The molecule has 182 valence electrons. The fourth-order valence-electron chi connectivity index (χ4n) is 4.40. The largest absolute Gasteiger partial charge is 0.289 e. The van der Waals surface area contributed by atoms with Gasteiger partial charge in [-0.3, -0.25) is 4.79 Å². The highest BCUT2D eigenvalue weighted by Crippen LogP contribution is 2.48. The van der Waals surface area contributed by atoms with E-state index in [1.165, 1.54) is 18.2 Å². The molecule has 0 unspecified atom stereocenters. The van der Waals surface area contributed by atoms with E-state index in [4.69, 9.17) is 33.5 Å². The van der Waals surface area contributed by atoms with E-state index in [1.54, 1.807) is 54.6 Å². The van der Waals surface area contributed by atoms with Crippen LogP contribution in [0.4, 0.5) is 0 Å². The summed E-state index contributed by atoms with van der Waals surface area (Å²) >= 11 is 12.1. The van der Waals surface area contributed by atoms with Gasteiger partial charge in [-0.05, 0) is 64.7 Å². The number of hydrogen-bond acceptors (Lipinski definition) is 5. The molecule has 11 heteroatoms. The lowest BCUT2D eigenvalue weighted by atomic mass is 9.90. The monoisotopic (exact) mass is 558 g/mol. The van der Waals surface area contributed by atoms with Crippen molar-refractivity contribution in [3.8, 4) is 33.4 Å². The highest BCUT2D eigenvalue weighted by Gasteiger charge is 2.36. The molecule has 1 aliphatic carbocycles. The van der Waals surface area contributed by atoms with Gasteiger partial charge in [-0.15, -0.1) is 0 Å². The first-order valence-electron chi connectivity index (χ1n) is 10.3. The Morgan fingerprint density at radius 2 is 1.11 bits per heavy atom. The molecule has 0 radical (unpaired) electrons. The molecule has 5 rings (SSSR count). The quantitative estimate of drug-likeness (QED) is 0.325. The van der Waals surface area contributed by atoms with E-state index in [1.807, 2.05) is 0 Å². The van der Waals surface area contributed by atoms with Gasteiger partial charge >= 0.3 is 0 Å². The molecule has 0 fully saturated rings. The summed E-state index contributed by atoms with van der Waals surface area (Å²) in [5.74, 6) is -0.553. The van der Waals surface area contributed by atoms with Gasteiger partial charge in [-0.25, -0.2) is 27.1 Å². The molecule has 0 saturated carbocycles. The first-order chi connectivity index (χ1) is 16.9. The van der Waals surface area contributed by atoms with Gasteiger partial charge in [0, 0.05) is 32.3 Å². The Morgan fingerprint density at radius 3 is 1.64 bits per heavy atom. The zero-order valence-electron chi connectivity index (χ0n) is 18.2. The molecule has 0 heterocycles. The van der Waals surface area contributed by atoms with E-state index in [9.17, 15) is 21.6 Å². The zero-order chi connectivity index (χ0) is 26.0. The lowest BCUT2D eigenvalue weighted by Crippen LogP contribution is -2.17. The number of fused-ring (bicyclic) bond motifs is 3. The fraction of sp³-hybridized carbons (Fsp3) is 0. The van der Waals surface area contributed by atoms with Crippen LogP contribution in [0.2, 0.25) is 10.0 Å². The summed E-state index contributed by atoms with van der Waals surface area (Å²) in [6.07, 6.45) is 0. The molecular formula is C25H16Cl2N2O5S2. The Kier molecular flexibility index (Phi) is 5.83. The predicted octanol–water partition coefficient (Wildman–Crippen LogP) is 4.83. The minimum Gasteiger partial charge on any atom is -0.289 e. The van der Waals surface area contributed by atoms with E-state index in [0.29, 0.717) is 32.3 Å². The summed E-state index contributed by atoms with van der Waals surface area (Å²) in [6, 6.07) is 18.4. The van der Waals surface area contributed by atoms with Gasteiger partial charge in [0.25, 0.3) is 0 Å². The third kappa shape index (κ3) is 4.13. The van der Waals surface area contributed by atoms with Gasteiger partial charge in [-0.2, -0.15) is 0 Å². The van der Waals surface area contributed by atoms with Crippen molar-refractivity contribution in [1.29, 1.82) is 0 Å². The second kappa shape index (κ2) is 8.52. The Morgan fingerprint density at radius 1 is 0.556 bits per heavy atom. The van der Waals surface area contributed by atoms with Crippen molar-refractivity contribution >= 4 is 49.0 Å². The number of carbonyl (C=O) groups excluding carboxylic acids is 1. The molecule has 0 spiro atoms. The summed E-state index contributed by atoms with van der Waals surface area (Å²) in [4.78, 5) is 13.2. The number of primary sulfonamides is 2. The van der Waals surface area contributed by atoms with Crippen LogP contribution >= 0.6 is 23.2 Å². The van der Waals surface area contributed by atoms with Crippen LogP contribution in [-0.4, -0.2) is 22.6 Å². The van der Waals surface area contributed by atoms with Crippen LogP contribution in [0, 0.1) is 0 Å². The van der Waals surface area contributed by atoms with Crippen LogP contribution in [0.1, 0.15) is 15.9 Å². The summed E-state index contributed by atoms with van der Waals surface area (Å²) in [7, 11) is -8.46. The molecule has 4 aromatic rings. The number of nitrogens with two attached hydrogens (primary N) is 2. The third-order valence-electron chi connectivity index (χ3n) is 5.93. The summed E-state index contributed by atoms with van der Waals surface area (Å²) in [6.45, 7) is 0. The van der Waals surface area contributed by atoms with Gasteiger partial charge in [0.1, 0.15) is 0 Å². The average Bonchev–Trinajstić information content (AvgIpc) is 3.09. The summed E-state index contributed by atoms with van der Waals surface area (Å²) in [5.41, 5.74) is 2.28. The van der Waals surface area contributed by atoms with Crippen LogP contribution in [0.3, 0.4) is 0 Å². The average molecular weight is 559 g/mol. The predicted molar refractivity (Wildman–Crippen MR) is 139 cm³/mol. The SMILES string of the molecule is NS(=O)(=O)c1ccc2c(c1)C(=O)c1c-2cc(-c2ccc(Cl)cc2)c(S(N)(=O)=O)c1-c1ccc(Cl)cc1. The number of sulfonamides is 2. The lowest BCUT2D eigenvalue weighted by Gasteiger charge is -2.18. The minimum absolute atomic E-state index is 0.0837. The highest BCUT2D eigenvalue weighted by molar-refractivity contribution is 7.89. The molecule has 1 aliphatic rings. The summed E-state index contributed by atoms with van der Waals surface area (Å²) in [5, 5.41) is 11.9. The van der Waals surface area contributed by atoms with Crippen LogP contribution in [0.5, 0.6) is 0 Å². The Balaban J connectivity index is 1.95. The molecule has 0 saturated heterocycles. The zero-order valence-corrected chi connectivity index (χ0v) is 21.3. The van der Waals surface area contributed by atoms with Gasteiger partial charge < -0.3 is 0 Å². The third-order valence-corrected chi connectivity index (χ3v) is 8.34. The van der Waals surface area contributed by atoms with E-state index in [-0.39, 0.29) is 32.0 Å². The minimum atomic E-state index is -4.38. The Labute approximate surface area is 217 Å². The number of benzene rings is 4. The Hall–Kier alpha value is -3.05. The smallest absolute Gasteiger partial charge is 0.239 e. The van der Waals surface area contributed by atoms with Crippen molar-refractivity contribution in [1.82, 2.24) is 0 Å². The van der Waals surface area contributed by atoms with Crippen molar-refractivity contribution in [3.63, 3.8) is 0 Å². The molecule has 0 aromatic heterocycles. The number of halogens is 2. The lowest BCUT2D eigenvalue weighted by molar-refractivity contribution is 0.104. The van der Waals surface area contributed by atoms with E-state index < -0.39 is 25.8 Å². The Bertz CT molecular complexity index is 1800. The molecule has 0 atom stereocenters. The number of hydrogen-bond donors (Lipinski definition) is 2. The van der Waals surface area contributed by atoms with Crippen molar-refractivity contribution in [3.05, 3.63) is 94.0 Å². The second-order valence-corrected chi connectivity index (χ2v) is 12.1. The van der Waals surface area contributed by atoms with Crippen LogP contribution in [0.25, 0.3) is 33.4 Å². The normalized spacial score (nSPS) is 12.9. The van der Waals surface area contributed by atoms with Crippen LogP contribution in [-0.2, 0) is 20.0 Å². The van der Waals surface area contributed by atoms with Crippen molar-refractivity contribution in [2.75, 3.05) is 0 Å². The van der Waals surface area contributed by atoms with Crippen molar-refractivity contribution in [2.24, 2.45) is 10.3 Å². The van der Waals surface area contributed by atoms with E-state index >= 15 is 0 Å². The number of carbonyl (C=O) groups is 1. The van der Waals surface area contributed by atoms with Crippen LogP contribution in [0.15, 0.2) is 82.6 Å². The number of rotatable bonds is 4. The topological polar surface area (TPSA) is 137 Å². The maximum absolute atomic E-state index is 13.7. The molecular weight excluding hydrogens is 543 g/mol. The van der Waals surface area contributed by atoms with Crippen molar-refractivity contribution < 1.29 is 21.6 Å². The van der Waals surface area contributed by atoms with Gasteiger partial charge in [0.2, 0.25) is 20.0 Å². The van der Waals surface area contributed by atoms with Gasteiger partial charge in [0.15, 0.2) is 5.78 Å². The van der Waals surface area contributed by atoms with E-state index in [0.717, 1.165) is 0 Å². The molecule has 36 heavy (non-hydrogen) atoms. The van der Waals surface area contributed by atoms with Crippen LogP contribution < -0.4 is 10.3 Å². The van der Waals surface area contributed by atoms with Gasteiger partial charge in [0.05, 0.1) is 9.79 Å². The molecule has 0 amide bonds. The van der Waals surface area contributed by atoms with E-state index in [2.05, 4.69) is 0 Å². The molecule has 0 aliphatic heterocycles. The highest BCUT2D eigenvalue weighted by atomic mass is 35.5. The molecule has 4 N–H and O–H groups in total. The number of ketones is 1. The standard InChI is InChI=1S/C25H16Cl2N2O5S2/c26-15-5-1-13(2-6-15)19-12-20-18-10-9-17(35(28,31)32)11-21(18)24(30)23(20)22(25(19)36(29,33)34)14-3-7-16(27)8-4-14/h1-12H,(H2,28,31,32)(H2,29,33,34). The van der Waals surface area contributed by atoms with Crippen molar-refractivity contribution in [2.45, 2.75) is 9.79 Å². The maximum atomic E-state index is 13.7. The first kappa shape index (κ1) is 24.6. The molecule has 7 nitrogen and oxygen atoms in total.